The standard InChI is InChI=1S/C21H23NOS/c23-21(22-20-13-16-8-11-18(20)12-16)17-9-6-15(7-10-17)14-24-19-4-2-1-3-5-19/h1-7,9-10,16,18,20H,8,11-14H2,(H,22,23). The molecule has 0 radical (unpaired) electrons. The number of hydrogen-bond acceptors (Lipinski definition) is 2. The fourth-order valence-electron chi connectivity index (χ4n) is 4.11. The molecule has 0 aromatic heterocycles. The van der Waals surface area contributed by atoms with Gasteiger partial charge in [-0.2, -0.15) is 0 Å². The van der Waals surface area contributed by atoms with Gasteiger partial charge in [0.15, 0.2) is 0 Å². The zero-order valence-corrected chi connectivity index (χ0v) is 14.6. The molecule has 1 amide bonds. The zero-order valence-electron chi connectivity index (χ0n) is 13.8. The zero-order chi connectivity index (χ0) is 16.4. The third-order valence-corrected chi connectivity index (χ3v) is 6.50. The summed E-state index contributed by atoms with van der Waals surface area (Å²) in [5, 5.41) is 3.26. The predicted octanol–water partition coefficient (Wildman–Crippen LogP) is 4.90. The lowest BCUT2D eigenvalue weighted by molar-refractivity contribution is 0.0923. The normalized spacial score (nSPS) is 24.9. The Labute approximate surface area is 148 Å². The first kappa shape index (κ1) is 15.8. The van der Waals surface area contributed by atoms with Gasteiger partial charge >= 0.3 is 0 Å². The van der Waals surface area contributed by atoms with Crippen LogP contribution in [0.4, 0.5) is 0 Å². The van der Waals surface area contributed by atoms with E-state index in [4.69, 9.17) is 0 Å². The van der Waals surface area contributed by atoms with Gasteiger partial charge < -0.3 is 5.32 Å². The lowest BCUT2D eigenvalue weighted by Crippen LogP contribution is -2.38. The highest BCUT2D eigenvalue weighted by Crippen LogP contribution is 2.44. The van der Waals surface area contributed by atoms with Crippen LogP contribution in [0.2, 0.25) is 0 Å². The lowest BCUT2D eigenvalue weighted by atomic mass is 9.95. The van der Waals surface area contributed by atoms with E-state index in [2.05, 4.69) is 41.7 Å². The van der Waals surface area contributed by atoms with E-state index in [1.807, 2.05) is 30.0 Å². The Hall–Kier alpha value is -1.74. The number of benzene rings is 2. The molecule has 0 aliphatic heterocycles. The summed E-state index contributed by atoms with van der Waals surface area (Å²) < 4.78 is 0. The molecule has 2 aliphatic carbocycles. The van der Waals surface area contributed by atoms with Crippen LogP contribution in [0.15, 0.2) is 59.5 Å². The summed E-state index contributed by atoms with van der Waals surface area (Å²) in [6.07, 6.45) is 5.17. The summed E-state index contributed by atoms with van der Waals surface area (Å²) in [7, 11) is 0. The van der Waals surface area contributed by atoms with Gasteiger partial charge in [-0.25, -0.2) is 0 Å². The second-order valence-corrected chi connectivity index (χ2v) is 8.10. The second-order valence-electron chi connectivity index (χ2n) is 7.05. The maximum absolute atomic E-state index is 12.5. The number of carbonyl (C=O) groups excluding carboxylic acids is 1. The van der Waals surface area contributed by atoms with Gasteiger partial charge in [0.05, 0.1) is 0 Å². The first-order chi connectivity index (χ1) is 11.8. The highest BCUT2D eigenvalue weighted by Gasteiger charge is 2.40. The van der Waals surface area contributed by atoms with E-state index in [9.17, 15) is 4.79 Å². The molecule has 24 heavy (non-hydrogen) atoms. The van der Waals surface area contributed by atoms with Crippen LogP contribution >= 0.6 is 11.8 Å². The Kier molecular flexibility index (Phi) is 4.61. The Balaban J connectivity index is 1.32. The topological polar surface area (TPSA) is 29.1 Å². The second kappa shape index (κ2) is 7.02. The molecule has 2 saturated carbocycles. The number of nitrogens with one attached hydrogen (secondary N) is 1. The van der Waals surface area contributed by atoms with Crippen LogP contribution in [0.5, 0.6) is 0 Å². The maximum atomic E-state index is 12.5. The molecule has 3 heteroatoms. The van der Waals surface area contributed by atoms with Crippen molar-refractivity contribution in [3.8, 4) is 0 Å². The summed E-state index contributed by atoms with van der Waals surface area (Å²) in [5.74, 6) is 2.60. The molecular weight excluding hydrogens is 314 g/mol. The number of amides is 1. The predicted molar refractivity (Wildman–Crippen MR) is 99.1 cm³/mol. The number of hydrogen-bond donors (Lipinski definition) is 1. The van der Waals surface area contributed by atoms with Gasteiger partial charge in [0, 0.05) is 22.3 Å². The number of carbonyl (C=O) groups is 1. The Morgan fingerprint density at radius 1 is 1.00 bits per heavy atom. The molecule has 3 unspecified atom stereocenters. The van der Waals surface area contributed by atoms with Crippen LogP contribution < -0.4 is 5.32 Å². The lowest BCUT2D eigenvalue weighted by Gasteiger charge is -2.22. The first-order valence-corrected chi connectivity index (χ1v) is 9.84. The van der Waals surface area contributed by atoms with Crippen molar-refractivity contribution in [1.82, 2.24) is 5.32 Å². The van der Waals surface area contributed by atoms with E-state index >= 15 is 0 Å². The summed E-state index contributed by atoms with van der Waals surface area (Å²) in [6.45, 7) is 0. The van der Waals surface area contributed by atoms with Crippen molar-refractivity contribution < 1.29 is 4.79 Å². The van der Waals surface area contributed by atoms with Crippen molar-refractivity contribution in [1.29, 1.82) is 0 Å². The molecule has 0 heterocycles. The van der Waals surface area contributed by atoms with Crippen molar-refractivity contribution in [2.45, 2.75) is 42.4 Å². The molecule has 2 aliphatic rings. The van der Waals surface area contributed by atoms with E-state index in [1.165, 1.54) is 36.1 Å². The molecule has 1 N–H and O–H groups in total. The average Bonchev–Trinajstić information content (AvgIpc) is 3.24. The SMILES string of the molecule is O=C(NC1CC2CCC1C2)c1ccc(CSc2ccccc2)cc1. The number of fused-ring (bicyclic) bond motifs is 2. The third-order valence-electron chi connectivity index (χ3n) is 5.42. The molecule has 0 spiro atoms. The van der Waals surface area contributed by atoms with Gasteiger partial charge in [0.2, 0.25) is 0 Å². The monoisotopic (exact) mass is 337 g/mol. The van der Waals surface area contributed by atoms with Crippen molar-refractivity contribution in [2.75, 3.05) is 0 Å². The summed E-state index contributed by atoms with van der Waals surface area (Å²) >= 11 is 1.82. The van der Waals surface area contributed by atoms with E-state index in [1.54, 1.807) is 0 Å². The van der Waals surface area contributed by atoms with Crippen LogP contribution in [-0.2, 0) is 5.75 Å². The van der Waals surface area contributed by atoms with Gasteiger partial charge in [-0.3, -0.25) is 4.79 Å². The van der Waals surface area contributed by atoms with Crippen LogP contribution in [0.3, 0.4) is 0 Å². The number of thioether (sulfide) groups is 1. The van der Waals surface area contributed by atoms with Crippen LogP contribution in [0.1, 0.15) is 41.6 Å². The Bertz CT molecular complexity index is 698. The van der Waals surface area contributed by atoms with Gasteiger partial charge in [0.1, 0.15) is 0 Å². The third kappa shape index (κ3) is 3.51. The smallest absolute Gasteiger partial charge is 0.251 e. The van der Waals surface area contributed by atoms with Crippen molar-refractivity contribution in [3.05, 3.63) is 65.7 Å². The molecule has 2 fully saturated rings. The molecule has 2 aromatic rings. The van der Waals surface area contributed by atoms with Gasteiger partial charge in [-0.15, -0.1) is 11.8 Å². The van der Waals surface area contributed by atoms with Crippen molar-refractivity contribution >= 4 is 17.7 Å². The van der Waals surface area contributed by atoms with Gasteiger partial charge in [0.25, 0.3) is 5.91 Å². The highest BCUT2D eigenvalue weighted by molar-refractivity contribution is 7.98. The largest absolute Gasteiger partial charge is 0.349 e. The van der Waals surface area contributed by atoms with Crippen molar-refractivity contribution in [2.24, 2.45) is 11.8 Å². The van der Waals surface area contributed by atoms with E-state index in [-0.39, 0.29) is 5.91 Å². The average molecular weight is 337 g/mol. The van der Waals surface area contributed by atoms with Crippen LogP contribution in [0, 0.1) is 11.8 Å². The fourth-order valence-corrected chi connectivity index (χ4v) is 4.98. The fraction of sp³-hybridized carbons (Fsp3) is 0.381. The van der Waals surface area contributed by atoms with E-state index in [0.29, 0.717) is 6.04 Å². The van der Waals surface area contributed by atoms with Gasteiger partial charge in [-0.1, -0.05) is 36.8 Å². The molecular formula is C21H23NOS. The van der Waals surface area contributed by atoms with E-state index in [0.717, 1.165) is 23.2 Å². The molecule has 2 bridgehead atoms. The number of rotatable bonds is 5. The Morgan fingerprint density at radius 2 is 1.79 bits per heavy atom. The minimum absolute atomic E-state index is 0.0924. The molecule has 124 valence electrons. The molecule has 0 saturated heterocycles. The molecule has 3 atom stereocenters. The molecule has 4 rings (SSSR count). The minimum atomic E-state index is 0.0924. The quantitative estimate of drug-likeness (QED) is 0.787. The summed E-state index contributed by atoms with van der Waals surface area (Å²) in [4.78, 5) is 13.7. The Morgan fingerprint density at radius 3 is 2.46 bits per heavy atom. The van der Waals surface area contributed by atoms with Crippen molar-refractivity contribution in [3.63, 3.8) is 0 Å². The maximum Gasteiger partial charge on any atom is 0.251 e. The van der Waals surface area contributed by atoms with Crippen LogP contribution in [0.25, 0.3) is 0 Å². The summed E-state index contributed by atoms with van der Waals surface area (Å²) in [6, 6.07) is 18.9. The van der Waals surface area contributed by atoms with Crippen LogP contribution in [-0.4, -0.2) is 11.9 Å². The van der Waals surface area contributed by atoms with Gasteiger partial charge in [-0.05, 0) is 60.9 Å². The van der Waals surface area contributed by atoms with E-state index < -0.39 is 0 Å². The minimum Gasteiger partial charge on any atom is -0.349 e. The highest BCUT2D eigenvalue weighted by atomic mass is 32.2. The molecule has 2 aromatic carbocycles. The summed E-state index contributed by atoms with van der Waals surface area (Å²) in [5.41, 5.74) is 2.03. The molecule has 2 nitrogen and oxygen atoms in total. The first-order valence-electron chi connectivity index (χ1n) is 8.85.